The Balaban J connectivity index is 1.84. The van der Waals surface area contributed by atoms with Gasteiger partial charge in [0, 0.05) is 29.5 Å². The average Bonchev–Trinajstić information content (AvgIpc) is 2.77. The highest BCUT2D eigenvalue weighted by molar-refractivity contribution is 7.10. The van der Waals surface area contributed by atoms with E-state index in [1.165, 1.54) is 19.3 Å². The number of rotatable bonds is 3. The van der Waals surface area contributed by atoms with Gasteiger partial charge in [-0.25, -0.2) is 0 Å². The van der Waals surface area contributed by atoms with Crippen LogP contribution in [0.3, 0.4) is 0 Å². The van der Waals surface area contributed by atoms with Crippen LogP contribution in [0, 0.1) is 0 Å². The Kier molecular flexibility index (Phi) is 3.01. The Hall–Kier alpha value is -0.380. The lowest BCUT2D eigenvalue weighted by molar-refractivity contribution is 0.227. The number of hydrogen-bond donors (Lipinski definition) is 1. The van der Waals surface area contributed by atoms with Gasteiger partial charge in [-0.1, -0.05) is 13.8 Å². The molecule has 1 fully saturated rings. The van der Waals surface area contributed by atoms with Crippen LogP contribution in [0.4, 0.5) is 0 Å². The van der Waals surface area contributed by atoms with Crippen molar-refractivity contribution in [1.29, 1.82) is 0 Å². The van der Waals surface area contributed by atoms with Crippen LogP contribution in [0.25, 0.3) is 0 Å². The van der Waals surface area contributed by atoms with Crippen LogP contribution in [0.1, 0.15) is 48.7 Å². The lowest BCUT2D eigenvalue weighted by Gasteiger charge is -2.31. The molecule has 2 atom stereocenters. The molecule has 3 heterocycles. The molecule has 0 aromatic carbocycles. The highest BCUT2D eigenvalue weighted by Crippen LogP contribution is 2.46. The van der Waals surface area contributed by atoms with Crippen molar-refractivity contribution in [3.8, 4) is 0 Å². The average molecular weight is 250 g/mol. The maximum Gasteiger partial charge on any atom is 0.0445 e. The first-order valence-corrected chi connectivity index (χ1v) is 7.59. The molecule has 2 aliphatic heterocycles. The Bertz CT molecular complexity index is 410. The third-order valence-corrected chi connectivity index (χ3v) is 5.47. The number of thiophene rings is 1. The first-order valence-electron chi connectivity index (χ1n) is 6.71. The molecular weight excluding hydrogens is 228 g/mol. The lowest BCUT2D eigenvalue weighted by atomic mass is 9.98. The second-order valence-corrected chi connectivity index (χ2v) is 6.67. The fraction of sp³-hybridized carbons (Fsp3) is 0.714. The molecule has 0 aliphatic carbocycles. The van der Waals surface area contributed by atoms with Crippen molar-refractivity contribution in [2.75, 3.05) is 7.05 Å². The summed E-state index contributed by atoms with van der Waals surface area (Å²) in [6.07, 6.45) is 4.03. The monoisotopic (exact) mass is 250 g/mol. The highest BCUT2D eigenvalue weighted by Gasteiger charge is 2.39. The standard InChI is InChI=1S/C14H22N2S/c1-9(2)15-7-10-8-17-14-12(10)6-11-4-5-13(14)16(11)3/h8-9,11,13,15H,4-7H2,1-3H3. The summed E-state index contributed by atoms with van der Waals surface area (Å²) in [6.45, 7) is 5.49. The molecule has 1 N–H and O–H groups in total. The molecule has 94 valence electrons. The minimum Gasteiger partial charge on any atom is -0.310 e. The van der Waals surface area contributed by atoms with Gasteiger partial charge in [0.1, 0.15) is 0 Å². The van der Waals surface area contributed by atoms with Crippen molar-refractivity contribution < 1.29 is 0 Å². The smallest absolute Gasteiger partial charge is 0.0445 e. The first kappa shape index (κ1) is 11.7. The largest absolute Gasteiger partial charge is 0.310 e. The summed E-state index contributed by atoms with van der Waals surface area (Å²) in [6, 6.07) is 2.11. The van der Waals surface area contributed by atoms with Crippen LogP contribution in [0.2, 0.25) is 0 Å². The zero-order valence-electron chi connectivity index (χ0n) is 11.0. The third kappa shape index (κ3) is 1.94. The van der Waals surface area contributed by atoms with Gasteiger partial charge in [0.2, 0.25) is 0 Å². The minimum absolute atomic E-state index is 0.577. The molecule has 0 spiro atoms. The van der Waals surface area contributed by atoms with E-state index in [9.17, 15) is 0 Å². The first-order chi connectivity index (χ1) is 8.16. The number of likely N-dealkylation sites (N-methyl/N-ethyl adjacent to an activating group) is 1. The summed E-state index contributed by atoms with van der Waals surface area (Å²) in [5.74, 6) is 0. The second kappa shape index (κ2) is 4.38. The van der Waals surface area contributed by atoms with Gasteiger partial charge >= 0.3 is 0 Å². The SMILES string of the molecule is CC(C)NCc1csc2c1CC1CCC2N1C. The third-order valence-electron chi connectivity index (χ3n) is 4.30. The molecule has 2 aliphatic rings. The molecule has 0 amide bonds. The van der Waals surface area contributed by atoms with Gasteiger partial charge in [0.05, 0.1) is 0 Å². The summed E-state index contributed by atoms with van der Waals surface area (Å²) in [7, 11) is 2.30. The molecule has 17 heavy (non-hydrogen) atoms. The van der Waals surface area contributed by atoms with E-state index in [2.05, 4.69) is 36.5 Å². The molecule has 0 saturated carbocycles. The van der Waals surface area contributed by atoms with Crippen LogP contribution >= 0.6 is 11.3 Å². The Morgan fingerprint density at radius 2 is 2.29 bits per heavy atom. The molecule has 1 aromatic heterocycles. The van der Waals surface area contributed by atoms with Crippen LogP contribution in [-0.2, 0) is 13.0 Å². The molecular formula is C14H22N2S. The van der Waals surface area contributed by atoms with Gasteiger partial charge in [-0.05, 0) is 42.8 Å². The van der Waals surface area contributed by atoms with Crippen molar-refractivity contribution in [1.82, 2.24) is 10.2 Å². The molecule has 0 radical (unpaired) electrons. The molecule has 2 bridgehead atoms. The van der Waals surface area contributed by atoms with Gasteiger partial charge in [-0.2, -0.15) is 0 Å². The van der Waals surface area contributed by atoms with E-state index in [0.29, 0.717) is 6.04 Å². The fourth-order valence-electron chi connectivity index (χ4n) is 3.22. The summed E-state index contributed by atoms with van der Waals surface area (Å²) in [5.41, 5.74) is 3.23. The van der Waals surface area contributed by atoms with Crippen LogP contribution in [0.15, 0.2) is 5.38 Å². The van der Waals surface area contributed by atoms with Crippen molar-refractivity contribution in [3.05, 3.63) is 21.4 Å². The predicted octanol–water partition coefficient (Wildman–Crippen LogP) is 2.94. The molecule has 3 rings (SSSR count). The zero-order chi connectivity index (χ0) is 12.0. The maximum atomic E-state index is 3.55. The zero-order valence-corrected chi connectivity index (χ0v) is 11.8. The van der Waals surface area contributed by atoms with Gasteiger partial charge < -0.3 is 5.32 Å². The fourth-order valence-corrected chi connectivity index (χ4v) is 4.51. The van der Waals surface area contributed by atoms with Crippen molar-refractivity contribution in [2.45, 2.75) is 57.8 Å². The number of hydrogen-bond acceptors (Lipinski definition) is 3. The summed E-state index contributed by atoms with van der Waals surface area (Å²) in [5, 5.41) is 5.94. The maximum absolute atomic E-state index is 3.55. The Labute approximate surface area is 108 Å². The van der Waals surface area contributed by atoms with Gasteiger partial charge in [0.15, 0.2) is 0 Å². The molecule has 2 unspecified atom stereocenters. The van der Waals surface area contributed by atoms with E-state index in [1.54, 1.807) is 16.0 Å². The van der Waals surface area contributed by atoms with Gasteiger partial charge in [0.25, 0.3) is 0 Å². The Morgan fingerprint density at radius 1 is 1.47 bits per heavy atom. The molecule has 1 saturated heterocycles. The quantitative estimate of drug-likeness (QED) is 0.887. The van der Waals surface area contributed by atoms with E-state index in [-0.39, 0.29) is 0 Å². The number of nitrogens with one attached hydrogen (secondary N) is 1. The normalized spacial score (nSPS) is 27.8. The molecule has 3 heteroatoms. The van der Waals surface area contributed by atoms with Gasteiger partial charge in [-0.3, -0.25) is 4.90 Å². The topological polar surface area (TPSA) is 15.3 Å². The van der Waals surface area contributed by atoms with Crippen LogP contribution < -0.4 is 5.32 Å². The number of fused-ring (bicyclic) bond motifs is 4. The highest BCUT2D eigenvalue weighted by atomic mass is 32.1. The van der Waals surface area contributed by atoms with E-state index in [1.807, 2.05) is 11.3 Å². The Morgan fingerprint density at radius 3 is 3.06 bits per heavy atom. The molecule has 1 aromatic rings. The van der Waals surface area contributed by atoms with Crippen LogP contribution in [0.5, 0.6) is 0 Å². The van der Waals surface area contributed by atoms with Crippen molar-refractivity contribution in [2.24, 2.45) is 0 Å². The van der Waals surface area contributed by atoms with E-state index < -0.39 is 0 Å². The summed E-state index contributed by atoms with van der Waals surface area (Å²) in [4.78, 5) is 4.25. The van der Waals surface area contributed by atoms with E-state index in [4.69, 9.17) is 0 Å². The number of nitrogens with zero attached hydrogens (tertiary/aromatic N) is 1. The second-order valence-electron chi connectivity index (χ2n) is 5.76. The summed E-state index contributed by atoms with van der Waals surface area (Å²) >= 11 is 1.99. The van der Waals surface area contributed by atoms with E-state index in [0.717, 1.165) is 18.6 Å². The lowest BCUT2D eigenvalue weighted by Crippen LogP contribution is -2.34. The molecule has 2 nitrogen and oxygen atoms in total. The van der Waals surface area contributed by atoms with Crippen LogP contribution in [-0.4, -0.2) is 24.0 Å². The van der Waals surface area contributed by atoms with E-state index >= 15 is 0 Å². The van der Waals surface area contributed by atoms with Crippen molar-refractivity contribution in [3.63, 3.8) is 0 Å². The van der Waals surface area contributed by atoms with Gasteiger partial charge in [-0.15, -0.1) is 11.3 Å². The predicted molar refractivity (Wildman–Crippen MR) is 73.5 cm³/mol. The summed E-state index contributed by atoms with van der Waals surface area (Å²) < 4.78 is 0. The minimum atomic E-state index is 0.577. The van der Waals surface area contributed by atoms with Crippen molar-refractivity contribution >= 4 is 11.3 Å².